The number of primary amides is 1. The summed E-state index contributed by atoms with van der Waals surface area (Å²) in [6, 6.07) is 15.2. The number of nitrogens with one attached hydrogen (secondary N) is 1. The van der Waals surface area contributed by atoms with Crippen LogP contribution in [0.25, 0.3) is 22.4 Å². The molecule has 4 rings (SSSR count). The smallest absolute Gasteiger partial charge is 0.249 e. The number of hydrogen-bond acceptors (Lipinski definition) is 7. The predicted molar refractivity (Wildman–Crippen MR) is 112 cm³/mol. The summed E-state index contributed by atoms with van der Waals surface area (Å²) in [5, 5.41) is 13.2. The molecule has 0 radical (unpaired) electrons. The van der Waals surface area contributed by atoms with Crippen LogP contribution in [0, 0.1) is 0 Å². The van der Waals surface area contributed by atoms with Crippen LogP contribution in [-0.2, 0) is 6.54 Å². The summed E-state index contributed by atoms with van der Waals surface area (Å²) in [7, 11) is 3.75. The lowest BCUT2D eigenvalue weighted by molar-refractivity contribution is 0.100. The number of aromatic nitrogens is 3. The Morgan fingerprint density at radius 3 is 2.59 bits per heavy atom. The second-order valence-electron chi connectivity index (χ2n) is 6.74. The maximum Gasteiger partial charge on any atom is 0.249 e. The van der Waals surface area contributed by atoms with Crippen molar-refractivity contribution in [3.63, 3.8) is 0 Å². The third-order valence-electron chi connectivity index (χ3n) is 4.51. The average Bonchev–Trinajstić information content (AvgIpc) is 3.16. The van der Waals surface area contributed by atoms with E-state index in [4.69, 9.17) is 10.2 Å². The number of nitrogens with two attached hydrogens (primary N) is 1. The molecule has 0 saturated carbocycles. The van der Waals surface area contributed by atoms with Crippen LogP contribution >= 0.6 is 0 Å². The fourth-order valence-corrected chi connectivity index (χ4v) is 3.08. The molecule has 0 aliphatic heterocycles. The summed E-state index contributed by atoms with van der Waals surface area (Å²) in [5.74, 6) is 1.43. The number of benzene rings is 2. The molecule has 1 amide bonds. The summed E-state index contributed by atoms with van der Waals surface area (Å²) in [5.41, 5.74) is 6.96. The standard InChI is InChI=1S/C21H20N6O2/c1-27(2)21-20(23-11-13-7-4-3-5-8-13)24-19(25-26-21)17-14-9-6-10-15(18(22)28)16(14)12-29-17/h3-10,12H,11H2,1-2H3,(H2,22,28)(H,23,24,25). The molecule has 8 heteroatoms. The quantitative estimate of drug-likeness (QED) is 0.522. The highest BCUT2D eigenvalue weighted by Gasteiger charge is 2.19. The molecule has 0 aliphatic carbocycles. The first-order valence-corrected chi connectivity index (χ1v) is 9.05. The highest BCUT2D eigenvalue weighted by molar-refractivity contribution is 6.08. The maximum atomic E-state index is 11.7. The Bertz CT molecular complexity index is 1170. The van der Waals surface area contributed by atoms with Gasteiger partial charge in [0.2, 0.25) is 11.7 Å². The van der Waals surface area contributed by atoms with E-state index in [0.717, 1.165) is 5.56 Å². The van der Waals surface area contributed by atoms with Crippen molar-refractivity contribution >= 4 is 28.3 Å². The van der Waals surface area contributed by atoms with Crippen molar-refractivity contribution in [3.05, 3.63) is 65.9 Å². The van der Waals surface area contributed by atoms with Crippen molar-refractivity contribution in [2.45, 2.75) is 6.54 Å². The lowest BCUT2D eigenvalue weighted by Gasteiger charge is -2.16. The molecule has 8 nitrogen and oxygen atoms in total. The monoisotopic (exact) mass is 388 g/mol. The molecule has 29 heavy (non-hydrogen) atoms. The van der Waals surface area contributed by atoms with Crippen LogP contribution in [0.15, 0.2) is 59.2 Å². The Labute approximate surface area is 167 Å². The molecule has 4 aromatic rings. The SMILES string of the molecule is CN(C)c1nnc(-c2occ3c(C(N)=O)cccc23)nc1NCc1ccccc1. The number of fused-ring (bicyclic) bond motifs is 1. The van der Waals surface area contributed by atoms with Gasteiger partial charge in [-0.15, -0.1) is 10.2 Å². The van der Waals surface area contributed by atoms with Crippen LogP contribution in [0.5, 0.6) is 0 Å². The number of carbonyl (C=O) groups excluding carboxylic acids is 1. The molecule has 2 aromatic heterocycles. The van der Waals surface area contributed by atoms with Crippen molar-refractivity contribution in [2.75, 3.05) is 24.3 Å². The van der Waals surface area contributed by atoms with E-state index in [1.807, 2.05) is 55.4 Å². The summed E-state index contributed by atoms with van der Waals surface area (Å²) >= 11 is 0. The molecule has 0 aliphatic rings. The van der Waals surface area contributed by atoms with Gasteiger partial charge in [0.1, 0.15) is 6.26 Å². The highest BCUT2D eigenvalue weighted by atomic mass is 16.3. The fraction of sp³-hybridized carbons (Fsp3) is 0.143. The van der Waals surface area contributed by atoms with Gasteiger partial charge in [-0.25, -0.2) is 4.98 Å². The summed E-state index contributed by atoms with van der Waals surface area (Å²) < 4.78 is 5.70. The Balaban J connectivity index is 1.74. The number of carbonyl (C=O) groups is 1. The molecule has 0 fully saturated rings. The molecule has 0 spiro atoms. The van der Waals surface area contributed by atoms with Crippen molar-refractivity contribution in [1.29, 1.82) is 0 Å². The van der Waals surface area contributed by atoms with Gasteiger partial charge in [-0.3, -0.25) is 4.79 Å². The van der Waals surface area contributed by atoms with Gasteiger partial charge in [-0.2, -0.15) is 0 Å². The number of rotatable bonds is 6. The first-order valence-electron chi connectivity index (χ1n) is 9.05. The van der Waals surface area contributed by atoms with Gasteiger partial charge >= 0.3 is 0 Å². The van der Waals surface area contributed by atoms with Crippen LogP contribution in [0.4, 0.5) is 11.6 Å². The molecule has 2 heterocycles. The van der Waals surface area contributed by atoms with Crippen molar-refractivity contribution in [1.82, 2.24) is 15.2 Å². The summed E-state index contributed by atoms with van der Waals surface area (Å²) in [6.45, 7) is 0.588. The second kappa shape index (κ2) is 7.59. The molecule has 146 valence electrons. The zero-order valence-corrected chi connectivity index (χ0v) is 16.1. The number of anilines is 2. The molecular formula is C21H20N6O2. The van der Waals surface area contributed by atoms with Gasteiger partial charge in [-0.05, 0) is 11.6 Å². The van der Waals surface area contributed by atoms with Gasteiger partial charge in [-0.1, -0.05) is 42.5 Å². The highest BCUT2D eigenvalue weighted by Crippen LogP contribution is 2.32. The van der Waals surface area contributed by atoms with E-state index in [1.165, 1.54) is 6.26 Å². The minimum Gasteiger partial charge on any atom is -0.460 e. The van der Waals surface area contributed by atoms with E-state index in [-0.39, 0.29) is 0 Å². The average molecular weight is 388 g/mol. The summed E-state index contributed by atoms with van der Waals surface area (Å²) in [6.07, 6.45) is 1.49. The normalized spacial score (nSPS) is 10.8. The van der Waals surface area contributed by atoms with Crippen LogP contribution < -0.4 is 16.0 Å². The van der Waals surface area contributed by atoms with Crippen molar-refractivity contribution in [2.24, 2.45) is 5.73 Å². The molecule has 0 saturated heterocycles. The lowest BCUT2D eigenvalue weighted by atomic mass is 10.1. The van der Waals surface area contributed by atoms with Gasteiger partial charge in [0.05, 0.1) is 5.56 Å². The van der Waals surface area contributed by atoms with E-state index in [2.05, 4.69) is 20.5 Å². The third kappa shape index (κ3) is 3.60. The number of furan rings is 1. The van der Waals surface area contributed by atoms with E-state index in [0.29, 0.717) is 46.1 Å². The molecule has 2 aromatic carbocycles. The predicted octanol–water partition coefficient (Wildman–Crippen LogP) is 3.06. The minimum atomic E-state index is -0.518. The van der Waals surface area contributed by atoms with Crippen LogP contribution in [-0.4, -0.2) is 35.2 Å². The Hall–Kier alpha value is -3.94. The van der Waals surface area contributed by atoms with Crippen LogP contribution in [0.3, 0.4) is 0 Å². The largest absolute Gasteiger partial charge is 0.460 e. The minimum absolute atomic E-state index is 0.322. The zero-order chi connectivity index (χ0) is 20.4. The Morgan fingerprint density at radius 2 is 1.86 bits per heavy atom. The Kier molecular flexibility index (Phi) is 4.82. The van der Waals surface area contributed by atoms with E-state index < -0.39 is 5.91 Å². The van der Waals surface area contributed by atoms with Gasteiger partial charge in [0.15, 0.2) is 17.4 Å². The topological polar surface area (TPSA) is 110 Å². The molecule has 0 unspecified atom stereocenters. The zero-order valence-electron chi connectivity index (χ0n) is 16.1. The third-order valence-corrected chi connectivity index (χ3v) is 4.51. The van der Waals surface area contributed by atoms with Crippen molar-refractivity contribution < 1.29 is 9.21 Å². The van der Waals surface area contributed by atoms with E-state index in [9.17, 15) is 4.79 Å². The first-order chi connectivity index (χ1) is 14.0. The Morgan fingerprint density at radius 1 is 1.07 bits per heavy atom. The maximum absolute atomic E-state index is 11.7. The van der Waals surface area contributed by atoms with Gasteiger partial charge in [0.25, 0.3) is 0 Å². The molecular weight excluding hydrogens is 368 g/mol. The molecule has 0 atom stereocenters. The first kappa shape index (κ1) is 18.4. The number of nitrogens with zero attached hydrogens (tertiary/aromatic N) is 4. The van der Waals surface area contributed by atoms with Crippen LogP contribution in [0.2, 0.25) is 0 Å². The van der Waals surface area contributed by atoms with Crippen LogP contribution in [0.1, 0.15) is 15.9 Å². The van der Waals surface area contributed by atoms with E-state index >= 15 is 0 Å². The molecule has 3 N–H and O–H groups in total. The second-order valence-corrected chi connectivity index (χ2v) is 6.74. The van der Waals surface area contributed by atoms with E-state index in [1.54, 1.807) is 12.1 Å². The molecule has 0 bridgehead atoms. The van der Waals surface area contributed by atoms with Gasteiger partial charge < -0.3 is 20.4 Å². The van der Waals surface area contributed by atoms with Crippen molar-refractivity contribution in [3.8, 4) is 11.6 Å². The number of hydrogen-bond donors (Lipinski definition) is 2. The summed E-state index contributed by atoms with van der Waals surface area (Å²) in [4.78, 5) is 18.2. The number of amides is 1. The fourth-order valence-electron chi connectivity index (χ4n) is 3.08. The van der Waals surface area contributed by atoms with Gasteiger partial charge in [0, 0.05) is 31.4 Å². The lowest BCUT2D eigenvalue weighted by Crippen LogP contribution is -2.16.